The smallest absolute Gasteiger partial charge is 0.272 e. The molecule has 0 aliphatic carbocycles. The Balaban J connectivity index is 2.05. The Morgan fingerprint density at radius 3 is 2.67 bits per heavy atom. The lowest BCUT2D eigenvalue weighted by atomic mass is 10.1. The fraction of sp³-hybridized carbons (Fsp3) is 0.667. The van der Waals surface area contributed by atoms with E-state index in [0.29, 0.717) is 11.6 Å². The predicted octanol–water partition coefficient (Wildman–Crippen LogP) is 1.38. The monoisotopic (exact) mass is 291 g/mol. The Labute approximate surface area is 126 Å². The van der Waals surface area contributed by atoms with Crippen LogP contribution in [0.15, 0.2) is 6.07 Å². The topological polar surface area (TPSA) is 61.4 Å². The maximum absolute atomic E-state index is 12.5. The quantitative estimate of drug-likeness (QED) is 0.888. The molecule has 0 atom stereocenters. The van der Waals surface area contributed by atoms with E-state index in [2.05, 4.69) is 20.2 Å². The van der Waals surface area contributed by atoms with E-state index in [1.807, 2.05) is 25.9 Å². The van der Waals surface area contributed by atoms with E-state index in [4.69, 9.17) is 0 Å². The van der Waals surface area contributed by atoms with Crippen molar-refractivity contribution in [1.29, 1.82) is 0 Å². The second-order valence-corrected chi connectivity index (χ2v) is 5.80. The molecule has 1 amide bonds. The van der Waals surface area contributed by atoms with Gasteiger partial charge in [0.1, 0.15) is 5.69 Å². The Bertz CT molecular complexity index is 483. The molecule has 0 unspecified atom stereocenters. The lowest BCUT2D eigenvalue weighted by Crippen LogP contribution is -2.36. The van der Waals surface area contributed by atoms with Gasteiger partial charge >= 0.3 is 0 Å². The first-order valence-electron chi connectivity index (χ1n) is 7.60. The lowest BCUT2D eigenvalue weighted by molar-refractivity contribution is 0.0718. The minimum absolute atomic E-state index is 0.0239. The molecule has 1 aromatic rings. The predicted molar refractivity (Wildman–Crippen MR) is 83.6 cm³/mol. The highest BCUT2D eigenvalue weighted by molar-refractivity contribution is 5.92. The van der Waals surface area contributed by atoms with Gasteiger partial charge in [0.15, 0.2) is 0 Å². The molecule has 1 fully saturated rings. The second kappa shape index (κ2) is 7.36. The van der Waals surface area contributed by atoms with Gasteiger partial charge in [0.05, 0.1) is 0 Å². The number of carbonyl (C=O) groups is 1. The summed E-state index contributed by atoms with van der Waals surface area (Å²) in [5, 5.41) is 3.18. The summed E-state index contributed by atoms with van der Waals surface area (Å²) in [5.74, 6) is 0.563. The van der Waals surface area contributed by atoms with Crippen LogP contribution in [0.5, 0.6) is 0 Å². The van der Waals surface area contributed by atoms with E-state index in [9.17, 15) is 4.79 Å². The van der Waals surface area contributed by atoms with Crippen molar-refractivity contribution in [1.82, 2.24) is 19.8 Å². The molecule has 1 aromatic heterocycles. The number of carbonyl (C=O) groups excluding carboxylic acids is 1. The van der Waals surface area contributed by atoms with Crippen molar-refractivity contribution in [2.24, 2.45) is 0 Å². The van der Waals surface area contributed by atoms with Crippen LogP contribution in [0.2, 0.25) is 0 Å². The van der Waals surface area contributed by atoms with Crippen molar-refractivity contribution in [3.05, 3.63) is 17.5 Å². The summed E-state index contributed by atoms with van der Waals surface area (Å²) in [4.78, 5) is 25.2. The molecule has 2 heterocycles. The number of amides is 1. The van der Waals surface area contributed by atoms with Crippen molar-refractivity contribution in [2.75, 3.05) is 45.6 Å². The highest BCUT2D eigenvalue weighted by Gasteiger charge is 2.20. The average molecular weight is 291 g/mol. The summed E-state index contributed by atoms with van der Waals surface area (Å²) >= 11 is 0. The molecule has 6 heteroatoms. The summed E-state index contributed by atoms with van der Waals surface area (Å²) in [6.45, 7) is 5.23. The van der Waals surface area contributed by atoms with Crippen molar-refractivity contribution >= 4 is 11.9 Å². The summed E-state index contributed by atoms with van der Waals surface area (Å²) < 4.78 is 0. The number of aromatic nitrogens is 2. The molecule has 0 radical (unpaired) electrons. The molecule has 21 heavy (non-hydrogen) atoms. The van der Waals surface area contributed by atoms with Crippen LogP contribution in [0.4, 0.5) is 5.95 Å². The molecular weight excluding hydrogens is 266 g/mol. The third-order valence-corrected chi connectivity index (χ3v) is 3.56. The van der Waals surface area contributed by atoms with Gasteiger partial charge < -0.3 is 15.1 Å². The molecule has 0 spiro atoms. The molecule has 1 saturated heterocycles. The standard InChI is InChI=1S/C15H25N5O/c1-12-11-13(14(21)20-8-5-4-6-9-20)18-15(17-12)16-7-10-19(2)3/h11H,4-10H2,1-3H3,(H,16,17,18). The van der Waals surface area contributed by atoms with E-state index >= 15 is 0 Å². The van der Waals surface area contributed by atoms with Gasteiger partial charge in [0.2, 0.25) is 5.95 Å². The molecule has 1 N–H and O–H groups in total. The second-order valence-electron chi connectivity index (χ2n) is 5.80. The zero-order valence-corrected chi connectivity index (χ0v) is 13.2. The third-order valence-electron chi connectivity index (χ3n) is 3.56. The van der Waals surface area contributed by atoms with Crippen LogP contribution in [0.1, 0.15) is 35.4 Å². The number of anilines is 1. The molecule has 116 valence electrons. The number of likely N-dealkylation sites (N-methyl/N-ethyl adjacent to an activating group) is 1. The van der Waals surface area contributed by atoms with Gasteiger partial charge in [-0.25, -0.2) is 9.97 Å². The largest absolute Gasteiger partial charge is 0.353 e. The van der Waals surface area contributed by atoms with Gasteiger partial charge in [-0.15, -0.1) is 0 Å². The third kappa shape index (κ3) is 4.67. The van der Waals surface area contributed by atoms with Crippen molar-refractivity contribution < 1.29 is 4.79 Å². The zero-order chi connectivity index (χ0) is 15.2. The van der Waals surface area contributed by atoms with Crippen molar-refractivity contribution in [2.45, 2.75) is 26.2 Å². The van der Waals surface area contributed by atoms with Crippen LogP contribution in [0.3, 0.4) is 0 Å². The number of rotatable bonds is 5. The number of hydrogen-bond acceptors (Lipinski definition) is 5. The number of aryl methyl sites for hydroxylation is 1. The summed E-state index contributed by atoms with van der Waals surface area (Å²) in [6.07, 6.45) is 3.39. The first-order chi connectivity index (χ1) is 10.1. The molecule has 0 saturated carbocycles. The van der Waals surface area contributed by atoms with E-state index in [1.54, 1.807) is 6.07 Å². The van der Waals surface area contributed by atoms with Crippen LogP contribution in [-0.4, -0.2) is 65.9 Å². The molecule has 0 bridgehead atoms. The van der Waals surface area contributed by atoms with Crippen LogP contribution in [0, 0.1) is 6.92 Å². The first kappa shape index (κ1) is 15.7. The van der Waals surface area contributed by atoms with E-state index in [1.165, 1.54) is 6.42 Å². The molecule has 1 aliphatic rings. The lowest BCUT2D eigenvalue weighted by Gasteiger charge is -2.26. The van der Waals surface area contributed by atoms with Gasteiger partial charge in [0, 0.05) is 31.9 Å². The SMILES string of the molecule is Cc1cc(C(=O)N2CCCCC2)nc(NCCN(C)C)n1. The fourth-order valence-electron chi connectivity index (χ4n) is 2.41. The van der Waals surface area contributed by atoms with Crippen LogP contribution in [-0.2, 0) is 0 Å². The van der Waals surface area contributed by atoms with E-state index in [0.717, 1.165) is 44.7 Å². The minimum atomic E-state index is 0.0239. The maximum atomic E-state index is 12.5. The minimum Gasteiger partial charge on any atom is -0.353 e. The molecular formula is C15H25N5O. The van der Waals surface area contributed by atoms with Crippen molar-refractivity contribution in [3.8, 4) is 0 Å². The number of hydrogen-bond donors (Lipinski definition) is 1. The van der Waals surface area contributed by atoms with Gasteiger partial charge in [-0.1, -0.05) is 0 Å². The van der Waals surface area contributed by atoms with Crippen LogP contribution in [0.25, 0.3) is 0 Å². The number of piperidine rings is 1. The Kier molecular flexibility index (Phi) is 5.50. The Hall–Kier alpha value is -1.69. The van der Waals surface area contributed by atoms with Gasteiger partial charge in [-0.05, 0) is 46.3 Å². The van der Waals surface area contributed by atoms with E-state index in [-0.39, 0.29) is 5.91 Å². The maximum Gasteiger partial charge on any atom is 0.272 e. The number of nitrogens with one attached hydrogen (secondary N) is 1. The Morgan fingerprint density at radius 1 is 1.29 bits per heavy atom. The zero-order valence-electron chi connectivity index (χ0n) is 13.2. The van der Waals surface area contributed by atoms with Gasteiger partial charge in [-0.3, -0.25) is 4.79 Å². The molecule has 1 aliphatic heterocycles. The number of nitrogens with zero attached hydrogens (tertiary/aromatic N) is 4. The summed E-state index contributed by atoms with van der Waals surface area (Å²) in [6, 6.07) is 1.77. The normalized spacial score (nSPS) is 15.3. The van der Waals surface area contributed by atoms with Crippen LogP contribution >= 0.6 is 0 Å². The molecule has 0 aromatic carbocycles. The van der Waals surface area contributed by atoms with Gasteiger partial charge in [0.25, 0.3) is 5.91 Å². The first-order valence-corrected chi connectivity index (χ1v) is 7.60. The fourth-order valence-corrected chi connectivity index (χ4v) is 2.41. The molecule has 6 nitrogen and oxygen atoms in total. The molecule has 2 rings (SSSR count). The average Bonchev–Trinajstić information content (AvgIpc) is 2.46. The van der Waals surface area contributed by atoms with Crippen molar-refractivity contribution in [3.63, 3.8) is 0 Å². The number of likely N-dealkylation sites (tertiary alicyclic amines) is 1. The highest BCUT2D eigenvalue weighted by Crippen LogP contribution is 2.13. The summed E-state index contributed by atoms with van der Waals surface area (Å²) in [5.41, 5.74) is 1.31. The summed E-state index contributed by atoms with van der Waals surface area (Å²) in [7, 11) is 4.04. The highest BCUT2D eigenvalue weighted by atomic mass is 16.2. The van der Waals surface area contributed by atoms with E-state index < -0.39 is 0 Å². The van der Waals surface area contributed by atoms with Gasteiger partial charge in [-0.2, -0.15) is 0 Å². The van der Waals surface area contributed by atoms with Crippen LogP contribution < -0.4 is 5.32 Å². The Morgan fingerprint density at radius 2 is 2.00 bits per heavy atom.